The standard InChI is InChI=1S/C16H9Br3/c17-14-12-9-5-4-8-11(12)13(15(18)16(14)19)10-6-2-1-3-7-10/h1-9H. The molecule has 0 aliphatic heterocycles. The van der Waals surface area contributed by atoms with E-state index in [1.165, 1.54) is 21.9 Å². The molecule has 0 amide bonds. The van der Waals surface area contributed by atoms with Crippen molar-refractivity contribution < 1.29 is 0 Å². The molecule has 0 saturated carbocycles. The van der Waals surface area contributed by atoms with Crippen LogP contribution in [-0.4, -0.2) is 0 Å². The molecule has 0 nitrogen and oxygen atoms in total. The van der Waals surface area contributed by atoms with Crippen molar-refractivity contribution in [3.05, 3.63) is 68.0 Å². The Morgan fingerprint density at radius 1 is 0.526 bits per heavy atom. The predicted molar refractivity (Wildman–Crippen MR) is 92.5 cm³/mol. The molecule has 94 valence electrons. The van der Waals surface area contributed by atoms with E-state index in [-0.39, 0.29) is 0 Å². The fraction of sp³-hybridized carbons (Fsp3) is 0. The average molecular weight is 441 g/mol. The molecule has 0 bridgehead atoms. The second kappa shape index (κ2) is 5.39. The van der Waals surface area contributed by atoms with Crippen LogP contribution < -0.4 is 0 Å². The first-order valence-electron chi connectivity index (χ1n) is 5.80. The number of rotatable bonds is 1. The van der Waals surface area contributed by atoms with E-state index in [9.17, 15) is 0 Å². The number of fused-ring (bicyclic) bond motifs is 1. The van der Waals surface area contributed by atoms with Crippen LogP contribution in [-0.2, 0) is 0 Å². The molecule has 0 radical (unpaired) electrons. The second-order valence-corrected chi connectivity index (χ2v) is 6.61. The normalized spacial score (nSPS) is 10.9. The smallest absolute Gasteiger partial charge is 0.0472 e. The zero-order valence-corrected chi connectivity index (χ0v) is 14.6. The van der Waals surface area contributed by atoms with E-state index in [0.717, 1.165) is 13.4 Å². The maximum absolute atomic E-state index is 3.71. The molecule has 0 atom stereocenters. The van der Waals surface area contributed by atoms with Crippen LogP contribution in [0.3, 0.4) is 0 Å². The third-order valence-corrected chi connectivity index (χ3v) is 6.57. The number of halogens is 3. The van der Waals surface area contributed by atoms with Gasteiger partial charge in [-0.15, -0.1) is 0 Å². The minimum atomic E-state index is 1.05. The maximum Gasteiger partial charge on any atom is 0.0472 e. The van der Waals surface area contributed by atoms with Crippen molar-refractivity contribution in [3.63, 3.8) is 0 Å². The molecule has 3 heteroatoms. The van der Waals surface area contributed by atoms with Gasteiger partial charge in [-0.1, -0.05) is 54.6 Å². The average Bonchev–Trinajstić information content (AvgIpc) is 2.46. The Balaban J connectivity index is 2.48. The zero-order chi connectivity index (χ0) is 13.4. The van der Waals surface area contributed by atoms with Crippen LogP contribution in [0.25, 0.3) is 21.9 Å². The molecule has 3 aromatic rings. The van der Waals surface area contributed by atoms with Gasteiger partial charge in [-0.05, 0) is 64.1 Å². The van der Waals surface area contributed by atoms with Crippen molar-refractivity contribution in [1.82, 2.24) is 0 Å². The van der Waals surface area contributed by atoms with Gasteiger partial charge in [0.2, 0.25) is 0 Å². The lowest BCUT2D eigenvalue weighted by Crippen LogP contribution is -1.87. The fourth-order valence-corrected chi connectivity index (χ4v) is 4.08. The minimum absolute atomic E-state index is 1.05. The van der Waals surface area contributed by atoms with Crippen LogP contribution in [0.5, 0.6) is 0 Å². The largest absolute Gasteiger partial charge is 0.0622 e. The Labute approximate surface area is 137 Å². The lowest BCUT2D eigenvalue weighted by molar-refractivity contribution is 1.56. The minimum Gasteiger partial charge on any atom is -0.0622 e. The third-order valence-electron chi connectivity index (χ3n) is 3.10. The highest BCUT2D eigenvalue weighted by atomic mass is 79.9. The fourth-order valence-electron chi connectivity index (χ4n) is 2.22. The SMILES string of the molecule is Brc1c(Br)c(-c2ccccc2)c2ccccc2c1Br. The molecule has 3 rings (SSSR count). The van der Waals surface area contributed by atoms with Crippen molar-refractivity contribution >= 4 is 58.6 Å². The van der Waals surface area contributed by atoms with Gasteiger partial charge in [0.15, 0.2) is 0 Å². The summed E-state index contributed by atoms with van der Waals surface area (Å²) in [4.78, 5) is 0. The molecule has 0 fully saturated rings. The first-order chi connectivity index (χ1) is 9.20. The van der Waals surface area contributed by atoms with Gasteiger partial charge in [-0.3, -0.25) is 0 Å². The third kappa shape index (κ3) is 2.28. The highest BCUT2D eigenvalue weighted by Crippen LogP contribution is 2.45. The summed E-state index contributed by atoms with van der Waals surface area (Å²) in [6, 6.07) is 18.8. The van der Waals surface area contributed by atoms with Gasteiger partial charge in [0.05, 0.1) is 0 Å². The molecular formula is C16H9Br3. The van der Waals surface area contributed by atoms with Crippen molar-refractivity contribution in [2.45, 2.75) is 0 Å². The van der Waals surface area contributed by atoms with Crippen molar-refractivity contribution in [2.75, 3.05) is 0 Å². The van der Waals surface area contributed by atoms with Gasteiger partial charge in [-0.2, -0.15) is 0 Å². The molecule has 19 heavy (non-hydrogen) atoms. The number of hydrogen-bond acceptors (Lipinski definition) is 0. The Kier molecular flexibility index (Phi) is 3.79. The van der Waals surface area contributed by atoms with Crippen LogP contribution in [0.2, 0.25) is 0 Å². The Morgan fingerprint density at radius 3 is 1.79 bits per heavy atom. The Bertz CT molecular complexity index is 749. The van der Waals surface area contributed by atoms with E-state index in [2.05, 4.69) is 96.3 Å². The number of hydrogen-bond donors (Lipinski definition) is 0. The summed E-state index contributed by atoms with van der Waals surface area (Å²) in [5, 5.41) is 2.44. The summed E-state index contributed by atoms with van der Waals surface area (Å²) in [5.74, 6) is 0. The molecule has 0 aliphatic rings. The van der Waals surface area contributed by atoms with Crippen LogP contribution in [0.15, 0.2) is 68.0 Å². The van der Waals surface area contributed by atoms with E-state index in [4.69, 9.17) is 0 Å². The first kappa shape index (κ1) is 13.3. The number of benzene rings is 3. The van der Waals surface area contributed by atoms with Crippen LogP contribution in [0.1, 0.15) is 0 Å². The Hall–Kier alpha value is -0.640. The lowest BCUT2D eigenvalue weighted by atomic mass is 9.98. The maximum atomic E-state index is 3.71. The molecule has 0 saturated heterocycles. The highest BCUT2D eigenvalue weighted by Gasteiger charge is 2.15. The molecule has 0 aliphatic carbocycles. The van der Waals surface area contributed by atoms with Crippen LogP contribution in [0.4, 0.5) is 0 Å². The summed E-state index contributed by atoms with van der Waals surface area (Å²) >= 11 is 11.0. The van der Waals surface area contributed by atoms with Crippen LogP contribution in [0, 0.1) is 0 Å². The predicted octanol–water partition coefficient (Wildman–Crippen LogP) is 6.79. The van der Waals surface area contributed by atoms with Crippen molar-refractivity contribution in [1.29, 1.82) is 0 Å². The van der Waals surface area contributed by atoms with Gasteiger partial charge in [0.1, 0.15) is 0 Å². The van der Waals surface area contributed by atoms with Gasteiger partial charge in [0, 0.05) is 19.0 Å². The van der Waals surface area contributed by atoms with Gasteiger partial charge < -0.3 is 0 Å². The molecule has 0 spiro atoms. The van der Waals surface area contributed by atoms with Crippen LogP contribution >= 0.6 is 47.8 Å². The lowest BCUT2D eigenvalue weighted by Gasteiger charge is -2.13. The molecule has 0 unspecified atom stereocenters. The molecule has 3 aromatic carbocycles. The second-order valence-electron chi connectivity index (χ2n) is 4.23. The molecule has 0 N–H and O–H groups in total. The summed E-state index contributed by atoms with van der Waals surface area (Å²) < 4.78 is 3.20. The molecule has 0 aromatic heterocycles. The highest BCUT2D eigenvalue weighted by molar-refractivity contribution is 9.14. The summed E-state index contributed by atoms with van der Waals surface area (Å²) in [7, 11) is 0. The van der Waals surface area contributed by atoms with E-state index >= 15 is 0 Å². The van der Waals surface area contributed by atoms with E-state index in [1.807, 2.05) is 6.07 Å². The zero-order valence-electron chi connectivity index (χ0n) is 9.83. The van der Waals surface area contributed by atoms with E-state index < -0.39 is 0 Å². The van der Waals surface area contributed by atoms with E-state index in [1.54, 1.807) is 0 Å². The van der Waals surface area contributed by atoms with Crippen molar-refractivity contribution in [3.8, 4) is 11.1 Å². The summed E-state index contributed by atoms with van der Waals surface area (Å²) in [6.07, 6.45) is 0. The van der Waals surface area contributed by atoms with E-state index in [0.29, 0.717) is 0 Å². The van der Waals surface area contributed by atoms with Gasteiger partial charge in [-0.25, -0.2) is 0 Å². The monoisotopic (exact) mass is 438 g/mol. The first-order valence-corrected chi connectivity index (χ1v) is 8.18. The molecular weight excluding hydrogens is 432 g/mol. The van der Waals surface area contributed by atoms with Gasteiger partial charge in [0.25, 0.3) is 0 Å². The molecule has 0 heterocycles. The Morgan fingerprint density at radius 2 is 1.11 bits per heavy atom. The summed E-state index contributed by atoms with van der Waals surface area (Å²) in [5.41, 5.74) is 2.42. The van der Waals surface area contributed by atoms with Gasteiger partial charge >= 0.3 is 0 Å². The van der Waals surface area contributed by atoms with Crippen molar-refractivity contribution in [2.24, 2.45) is 0 Å². The topological polar surface area (TPSA) is 0 Å². The quantitative estimate of drug-likeness (QED) is 0.365. The summed E-state index contributed by atoms with van der Waals surface area (Å²) in [6.45, 7) is 0.